The van der Waals surface area contributed by atoms with Gasteiger partial charge in [0, 0.05) is 11.5 Å². The Kier molecular flexibility index (Phi) is 4.57. The summed E-state index contributed by atoms with van der Waals surface area (Å²) >= 11 is 0. The van der Waals surface area contributed by atoms with E-state index >= 15 is 0 Å². The molecular formula is C15H20O2. The van der Waals surface area contributed by atoms with Crippen LogP contribution in [0.15, 0.2) is 24.3 Å². The van der Waals surface area contributed by atoms with Crippen LogP contribution in [0.25, 0.3) is 0 Å². The van der Waals surface area contributed by atoms with E-state index in [-0.39, 0.29) is 11.9 Å². The van der Waals surface area contributed by atoms with E-state index in [1.165, 1.54) is 0 Å². The first kappa shape index (κ1) is 13.6. The number of ether oxygens (including phenoxy) is 1. The van der Waals surface area contributed by atoms with Gasteiger partial charge in [0.25, 0.3) is 0 Å². The smallest absolute Gasteiger partial charge is 0.334 e. The van der Waals surface area contributed by atoms with Gasteiger partial charge in [-0.2, -0.15) is 0 Å². The first-order valence-corrected chi connectivity index (χ1v) is 5.99. The first-order chi connectivity index (χ1) is 7.99. The molecule has 0 spiro atoms. The zero-order valence-corrected chi connectivity index (χ0v) is 10.9. The van der Waals surface area contributed by atoms with Crippen molar-refractivity contribution in [3.05, 3.63) is 24.3 Å². The summed E-state index contributed by atoms with van der Waals surface area (Å²) in [5.41, 5.74) is -0.323. The highest BCUT2D eigenvalue weighted by molar-refractivity contribution is 5.87. The number of carbonyl (C=O) groups is 1. The van der Waals surface area contributed by atoms with Gasteiger partial charge in [0.15, 0.2) is 5.60 Å². The molecule has 0 aliphatic heterocycles. The molecule has 0 aromatic heterocycles. The van der Waals surface area contributed by atoms with Gasteiger partial charge in [-0.25, -0.2) is 4.79 Å². The van der Waals surface area contributed by atoms with E-state index in [0.717, 1.165) is 19.3 Å². The maximum atomic E-state index is 11.7. The van der Waals surface area contributed by atoms with Gasteiger partial charge in [-0.3, -0.25) is 0 Å². The molecule has 1 rings (SSSR count). The van der Waals surface area contributed by atoms with Crippen LogP contribution in [0.1, 0.15) is 40.0 Å². The summed E-state index contributed by atoms with van der Waals surface area (Å²) in [6.45, 7) is 8.90. The molecule has 0 saturated carbocycles. The first-order valence-electron chi connectivity index (χ1n) is 5.99. The molecule has 0 aromatic carbocycles. The molecule has 2 nitrogen and oxygen atoms in total. The van der Waals surface area contributed by atoms with E-state index in [1.807, 2.05) is 6.92 Å². The van der Waals surface area contributed by atoms with Crippen LogP contribution in [-0.4, -0.2) is 11.6 Å². The predicted molar refractivity (Wildman–Crippen MR) is 69.2 cm³/mol. The minimum Gasteiger partial charge on any atom is -0.442 e. The number of carbonyl (C=O) groups excluding carboxylic acids is 1. The normalized spacial score (nSPS) is 21.9. The monoisotopic (exact) mass is 232 g/mol. The van der Waals surface area contributed by atoms with Crippen molar-refractivity contribution in [3.63, 3.8) is 0 Å². The third kappa shape index (κ3) is 3.49. The Hall–Kier alpha value is -1.49. The van der Waals surface area contributed by atoms with Crippen LogP contribution in [0.5, 0.6) is 0 Å². The predicted octanol–water partition coefficient (Wildman–Crippen LogP) is 3.24. The van der Waals surface area contributed by atoms with Crippen molar-refractivity contribution < 1.29 is 9.53 Å². The van der Waals surface area contributed by atoms with Crippen molar-refractivity contribution in [1.82, 2.24) is 0 Å². The molecular weight excluding hydrogens is 212 g/mol. The number of allylic oxidation sites excluding steroid dienone is 1. The second kappa shape index (κ2) is 5.72. The second-order valence-corrected chi connectivity index (χ2v) is 4.62. The number of rotatable bonds is 3. The summed E-state index contributed by atoms with van der Waals surface area (Å²) in [5.74, 6) is 5.69. The summed E-state index contributed by atoms with van der Waals surface area (Å²) in [6, 6.07) is 0. The molecule has 0 amide bonds. The molecule has 0 bridgehead atoms. The Labute approximate surface area is 104 Å². The van der Waals surface area contributed by atoms with E-state index in [2.05, 4.69) is 30.6 Å². The van der Waals surface area contributed by atoms with Gasteiger partial charge in [0.1, 0.15) is 0 Å². The summed E-state index contributed by atoms with van der Waals surface area (Å²) in [6.07, 6.45) is 7.47. The molecule has 2 atom stereocenters. The molecule has 0 saturated heterocycles. The molecule has 0 aromatic rings. The fourth-order valence-electron chi connectivity index (χ4n) is 1.99. The molecule has 1 aliphatic rings. The fraction of sp³-hybridized carbons (Fsp3) is 0.533. The van der Waals surface area contributed by atoms with Crippen molar-refractivity contribution in [3.8, 4) is 11.8 Å². The molecule has 0 fully saturated rings. The highest BCUT2D eigenvalue weighted by Crippen LogP contribution is 2.31. The molecule has 0 radical (unpaired) electrons. The van der Waals surface area contributed by atoms with Crippen molar-refractivity contribution in [2.75, 3.05) is 0 Å². The SMILES string of the molecule is C=C(C)C(=O)OC(C)(C#CC)C1C=CCCC1. The molecule has 17 heavy (non-hydrogen) atoms. The minimum absolute atomic E-state index is 0.173. The minimum atomic E-state index is -0.734. The van der Waals surface area contributed by atoms with Crippen LogP contribution in [0.2, 0.25) is 0 Å². The van der Waals surface area contributed by atoms with Crippen LogP contribution in [0.3, 0.4) is 0 Å². The van der Waals surface area contributed by atoms with Crippen LogP contribution in [-0.2, 0) is 9.53 Å². The van der Waals surface area contributed by atoms with Crippen LogP contribution in [0.4, 0.5) is 0 Å². The number of hydrogen-bond donors (Lipinski definition) is 0. The van der Waals surface area contributed by atoms with Crippen molar-refractivity contribution in [1.29, 1.82) is 0 Å². The van der Waals surface area contributed by atoms with E-state index in [0.29, 0.717) is 5.57 Å². The van der Waals surface area contributed by atoms with E-state index in [1.54, 1.807) is 13.8 Å². The summed E-state index contributed by atoms with van der Waals surface area (Å²) in [5, 5.41) is 0. The van der Waals surface area contributed by atoms with Gasteiger partial charge in [-0.05, 0) is 40.0 Å². The summed E-state index contributed by atoms with van der Waals surface area (Å²) < 4.78 is 5.52. The molecule has 92 valence electrons. The number of hydrogen-bond acceptors (Lipinski definition) is 2. The van der Waals surface area contributed by atoms with Crippen molar-refractivity contribution in [2.45, 2.75) is 45.6 Å². The Bertz CT molecular complexity index is 395. The van der Waals surface area contributed by atoms with E-state index in [4.69, 9.17) is 4.74 Å². The van der Waals surface area contributed by atoms with Gasteiger partial charge >= 0.3 is 5.97 Å². The van der Waals surface area contributed by atoms with Gasteiger partial charge in [0.05, 0.1) is 0 Å². The van der Waals surface area contributed by atoms with E-state index < -0.39 is 5.60 Å². The van der Waals surface area contributed by atoms with E-state index in [9.17, 15) is 4.79 Å². The molecule has 0 N–H and O–H groups in total. The highest BCUT2D eigenvalue weighted by Gasteiger charge is 2.35. The Morgan fingerprint density at radius 2 is 2.29 bits per heavy atom. The maximum Gasteiger partial charge on any atom is 0.334 e. The molecule has 2 unspecified atom stereocenters. The standard InChI is InChI=1S/C15H20O2/c1-5-11-15(4,17-14(16)12(2)3)13-9-7-6-8-10-13/h7,9,13H,2,6,8,10H2,1,3-4H3. The average molecular weight is 232 g/mol. The second-order valence-electron chi connectivity index (χ2n) is 4.62. The van der Waals surface area contributed by atoms with Crippen molar-refractivity contribution in [2.24, 2.45) is 5.92 Å². The lowest BCUT2D eigenvalue weighted by molar-refractivity contribution is -0.151. The third-order valence-corrected chi connectivity index (χ3v) is 2.99. The van der Waals surface area contributed by atoms with Crippen LogP contribution < -0.4 is 0 Å². The molecule has 0 heterocycles. The number of esters is 1. The van der Waals surface area contributed by atoms with Crippen LogP contribution >= 0.6 is 0 Å². The van der Waals surface area contributed by atoms with Gasteiger partial charge in [-0.1, -0.05) is 24.7 Å². The Morgan fingerprint density at radius 1 is 1.59 bits per heavy atom. The maximum absolute atomic E-state index is 11.7. The van der Waals surface area contributed by atoms with Gasteiger partial charge in [0.2, 0.25) is 0 Å². The third-order valence-electron chi connectivity index (χ3n) is 2.99. The van der Waals surface area contributed by atoms with Gasteiger partial charge < -0.3 is 4.74 Å². The molecule has 2 heteroatoms. The zero-order chi connectivity index (χ0) is 12.9. The lowest BCUT2D eigenvalue weighted by atomic mass is 9.82. The Balaban J connectivity index is 2.90. The fourth-order valence-corrected chi connectivity index (χ4v) is 1.99. The lowest BCUT2D eigenvalue weighted by Gasteiger charge is -2.32. The quantitative estimate of drug-likeness (QED) is 0.323. The Morgan fingerprint density at radius 3 is 2.76 bits per heavy atom. The highest BCUT2D eigenvalue weighted by atomic mass is 16.6. The average Bonchev–Trinajstić information content (AvgIpc) is 2.30. The topological polar surface area (TPSA) is 26.3 Å². The van der Waals surface area contributed by atoms with Gasteiger partial charge in [-0.15, -0.1) is 5.92 Å². The summed E-state index contributed by atoms with van der Waals surface area (Å²) in [7, 11) is 0. The van der Waals surface area contributed by atoms with Crippen LogP contribution in [0, 0.1) is 17.8 Å². The largest absolute Gasteiger partial charge is 0.442 e. The van der Waals surface area contributed by atoms with Crippen molar-refractivity contribution >= 4 is 5.97 Å². The lowest BCUT2D eigenvalue weighted by Crippen LogP contribution is -2.38. The summed E-state index contributed by atoms with van der Waals surface area (Å²) in [4.78, 5) is 11.7. The molecule has 1 aliphatic carbocycles. The zero-order valence-electron chi connectivity index (χ0n) is 10.9.